The monoisotopic (exact) mass is 388 g/mol. The Hall–Kier alpha value is -2.84. The summed E-state index contributed by atoms with van der Waals surface area (Å²) < 4.78 is 6.38. The third-order valence-corrected chi connectivity index (χ3v) is 4.49. The lowest BCUT2D eigenvalue weighted by Gasteiger charge is -2.06. The van der Waals surface area contributed by atoms with Gasteiger partial charge in [-0.25, -0.2) is 9.78 Å². The number of halogens is 1. The Kier molecular flexibility index (Phi) is 5.48. The topological polar surface area (TPSA) is 111 Å². The average Bonchev–Trinajstić information content (AvgIpc) is 3.18. The standard InChI is InChI=1S/C18H21ClN6O2/c1-10-8-13(24-25(10)2)9-14(20)17-22-15(16(19)23-17)11-4-6-12(7-5-11)21-18(26)27-3/h4-8,14H,9,20H2,1-3H3,(H,21,26)(H,22,23). The number of aryl methyl sites for hydroxylation is 2. The number of amides is 1. The van der Waals surface area contributed by atoms with Gasteiger partial charge in [0.1, 0.15) is 16.7 Å². The normalized spacial score (nSPS) is 12.0. The molecular formula is C18H21ClN6O2. The number of hydrogen-bond acceptors (Lipinski definition) is 5. The van der Waals surface area contributed by atoms with Crippen molar-refractivity contribution in [2.45, 2.75) is 19.4 Å². The Morgan fingerprint density at radius 2 is 2.11 bits per heavy atom. The lowest BCUT2D eigenvalue weighted by Crippen LogP contribution is -2.15. The van der Waals surface area contributed by atoms with Gasteiger partial charge in [0.15, 0.2) is 0 Å². The predicted molar refractivity (Wildman–Crippen MR) is 104 cm³/mol. The highest BCUT2D eigenvalue weighted by Gasteiger charge is 2.17. The van der Waals surface area contributed by atoms with Crippen LogP contribution in [0.5, 0.6) is 0 Å². The summed E-state index contributed by atoms with van der Waals surface area (Å²) in [5, 5.41) is 7.42. The molecule has 142 valence electrons. The molecule has 0 saturated heterocycles. The summed E-state index contributed by atoms with van der Waals surface area (Å²) in [5.74, 6) is 0.593. The van der Waals surface area contributed by atoms with Crippen molar-refractivity contribution in [2.24, 2.45) is 12.8 Å². The van der Waals surface area contributed by atoms with E-state index in [0.717, 1.165) is 17.0 Å². The smallest absolute Gasteiger partial charge is 0.411 e. The molecule has 1 aromatic carbocycles. The highest BCUT2D eigenvalue weighted by Crippen LogP contribution is 2.28. The number of anilines is 1. The van der Waals surface area contributed by atoms with E-state index in [1.54, 1.807) is 12.1 Å². The predicted octanol–water partition coefficient (Wildman–Crippen LogP) is 3.19. The number of carbonyl (C=O) groups is 1. The van der Waals surface area contributed by atoms with E-state index in [2.05, 4.69) is 25.1 Å². The zero-order valence-electron chi connectivity index (χ0n) is 15.3. The van der Waals surface area contributed by atoms with Gasteiger partial charge in [-0.2, -0.15) is 5.10 Å². The van der Waals surface area contributed by atoms with E-state index in [4.69, 9.17) is 17.3 Å². The molecule has 0 aliphatic carbocycles. The second-order valence-corrected chi connectivity index (χ2v) is 6.57. The zero-order valence-corrected chi connectivity index (χ0v) is 16.0. The highest BCUT2D eigenvalue weighted by molar-refractivity contribution is 6.31. The molecule has 2 heterocycles. The molecule has 1 unspecified atom stereocenters. The van der Waals surface area contributed by atoms with Gasteiger partial charge in [-0.3, -0.25) is 10.00 Å². The van der Waals surface area contributed by atoms with Gasteiger partial charge >= 0.3 is 6.09 Å². The summed E-state index contributed by atoms with van der Waals surface area (Å²) in [6.45, 7) is 1.99. The van der Waals surface area contributed by atoms with E-state index in [0.29, 0.717) is 28.8 Å². The molecule has 8 nitrogen and oxygen atoms in total. The number of nitrogens with one attached hydrogen (secondary N) is 2. The van der Waals surface area contributed by atoms with Gasteiger partial charge in [-0.15, -0.1) is 0 Å². The Bertz CT molecular complexity index is 928. The van der Waals surface area contributed by atoms with E-state index in [1.165, 1.54) is 7.11 Å². The Labute approximate surface area is 161 Å². The number of carbonyl (C=O) groups excluding carboxylic acids is 1. The molecule has 3 aromatic rings. The Morgan fingerprint density at radius 1 is 1.41 bits per heavy atom. The van der Waals surface area contributed by atoms with E-state index in [-0.39, 0.29) is 6.04 Å². The molecule has 0 aliphatic rings. The Balaban J connectivity index is 1.76. The fraction of sp³-hybridized carbons (Fsp3) is 0.278. The third-order valence-electron chi connectivity index (χ3n) is 4.21. The molecular weight excluding hydrogens is 368 g/mol. The van der Waals surface area contributed by atoms with Crippen LogP contribution in [0.25, 0.3) is 11.3 Å². The first kappa shape index (κ1) is 18.9. The summed E-state index contributed by atoms with van der Waals surface area (Å²) in [5.41, 5.74) is 10.3. The van der Waals surface area contributed by atoms with Gasteiger partial charge in [0.25, 0.3) is 0 Å². The molecule has 9 heteroatoms. The van der Waals surface area contributed by atoms with Crippen LogP contribution in [0.15, 0.2) is 30.3 Å². The molecule has 0 fully saturated rings. The molecule has 0 radical (unpaired) electrons. The van der Waals surface area contributed by atoms with E-state index >= 15 is 0 Å². The van der Waals surface area contributed by atoms with Crippen LogP contribution in [-0.2, 0) is 18.2 Å². The zero-order chi connectivity index (χ0) is 19.6. The van der Waals surface area contributed by atoms with Crippen LogP contribution in [-0.4, -0.2) is 33.0 Å². The van der Waals surface area contributed by atoms with E-state index in [1.807, 2.05) is 36.9 Å². The SMILES string of the molecule is COC(=O)Nc1ccc(-c2nc(C(N)Cc3cc(C)n(C)n3)[nH]c2Cl)cc1. The number of H-pyrrole nitrogens is 1. The molecule has 1 amide bonds. The molecule has 2 aromatic heterocycles. The summed E-state index contributed by atoms with van der Waals surface area (Å²) in [4.78, 5) is 18.8. The van der Waals surface area contributed by atoms with Gasteiger partial charge in [-0.1, -0.05) is 23.7 Å². The Morgan fingerprint density at radius 3 is 2.70 bits per heavy atom. The number of nitrogens with two attached hydrogens (primary N) is 1. The molecule has 0 aliphatic heterocycles. The van der Waals surface area contributed by atoms with Gasteiger partial charge in [0.2, 0.25) is 0 Å². The average molecular weight is 389 g/mol. The van der Waals surface area contributed by atoms with Crippen molar-refractivity contribution in [1.29, 1.82) is 0 Å². The number of aromatic amines is 1. The maximum atomic E-state index is 11.2. The largest absolute Gasteiger partial charge is 0.453 e. The van der Waals surface area contributed by atoms with Gasteiger partial charge < -0.3 is 15.5 Å². The fourth-order valence-corrected chi connectivity index (χ4v) is 2.92. The van der Waals surface area contributed by atoms with Crippen molar-refractivity contribution in [1.82, 2.24) is 19.7 Å². The first-order chi connectivity index (χ1) is 12.9. The van der Waals surface area contributed by atoms with Crippen LogP contribution in [0.4, 0.5) is 10.5 Å². The van der Waals surface area contributed by atoms with Gasteiger partial charge in [0, 0.05) is 30.4 Å². The number of nitrogens with zero attached hydrogens (tertiary/aromatic N) is 3. The molecule has 1 atom stereocenters. The van der Waals surface area contributed by atoms with Crippen molar-refractivity contribution >= 4 is 23.4 Å². The molecule has 0 saturated carbocycles. The number of hydrogen-bond donors (Lipinski definition) is 3. The first-order valence-corrected chi connectivity index (χ1v) is 8.71. The van der Waals surface area contributed by atoms with Crippen LogP contribution in [0, 0.1) is 6.92 Å². The van der Waals surface area contributed by atoms with E-state index < -0.39 is 6.09 Å². The van der Waals surface area contributed by atoms with Gasteiger partial charge in [0.05, 0.1) is 18.8 Å². The summed E-state index contributed by atoms with van der Waals surface area (Å²) in [7, 11) is 3.20. The summed E-state index contributed by atoms with van der Waals surface area (Å²) in [6, 6.07) is 8.75. The van der Waals surface area contributed by atoms with Crippen LogP contribution in [0.2, 0.25) is 5.15 Å². The maximum Gasteiger partial charge on any atom is 0.411 e. The number of ether oxygens (including phenoxy) is 1. The molecule has 0 bridgehead atoms. The van der Waals surface area contributed by atoms with E-state index in [9.17, 15) is 4.79 Å². The third kappa shape index (κ3) is 4.29. The molecule has 4 N–H and O–H groups in total. The van der Waals surface area contributed by atoms with Crippen LogP contribution >= 0.6 is 11.6 Å². The molecule has 27 heavy (non-hydrogen) atoms. The molecule has 0 spiro atoms. The molecule has 3 rings (SSSR count). The number of rotatable bonds is 5. The minimum absolute atomic E-state index is 0.356. The minimum atomic E-state index is -0.529. The number of benzene rings is 1. The lowest BCUT2D eigenvalue weighted by atomic mass is 10.1. The van der Waals surface area contributed by atoms with Gasteiger partial charge in [-0.05, 0) is 25.1 Å². The first-order valence-electron chi connectivity index (χ1n) is 8.33. The number of aromatic nitrogens is 4. The summed E-state index contributed by atoms with van der Waals surface area (Å²) >= 11 is 6.32. The van der Waals surface area contributed by atoms with Crippen LogP contribution < -0.4 is 11.1 Å². The van der Waals surface area contributed by atoms with Crippen molar-refractivity contribution in [3.63, 3.8) is 0 Å². The van der Waals surface area contributed by atoms with Crippen molar-refractivity contribution in [2.75, 3.05) is 12.4 Å². The highest BCUT2D eigenvalue weighted by atomic mass is 35.5. The fourth-order valence-electron chi connectivity index (χ4n) is 2.67. The van der Waals surface area contributed by atoms with Crippen molar-refractivity contribution in [3.8, 4) is 11.3 Å². The number of imidazole rings is 1. The number of methoxy groups -OCH3 is 1. The second kappa shape index (κ2) is 7.81. The summed E-state index contributed by atoms with van der Waals surface area (Å²) in [6.07, 6.45) is 0.0195. The second-order valence-electron chi connectivity index (χ2n) is 6.19. The quantitative estimate of drug-likeness (QED) is 0.621. The minimum Gasteiger partial charge on any atom is -0.453 e. The van der Waals surface area contributed by atoms with Crippen LogP contribution in [0.1, 0.15) is 23.3 Å². The van der Waals surface area contributed by atoms with Crippen molar-refractivity contribution in [3.05, 3.63) is 52.7 Å². The lowest BCUT2D eigenvalue weighted by molar-refractivity contribution is 0.187. The maximum absolute atomic E-state index is 11.2. The van der Waals surface area contributed by atoms with Crippen molar-refractivity contribution < 1.29 is 9.53 Å². The van der Waals surface area contributed by atoms with Crippen LogP contribution in [0.3, 0.4) is 0 Å².